The van der Waals surface area contributed by atoms with Gasteiger partial charge in [-0.05, 0) is 57.4 Å². The van der Waals surface area contributed by atoms with Gasteiger partial charge in [-0.15, -0.1) is 0 Å². The van der Waals surface area contributed by atoms with Crippen LogP contribution in [0.5, 0.6) is 0 Å². The predicted molar refractivity (Wildman–Crippen MR) is 202 cm³/mol. The van der Waals surface area contributed by atoms with Crippen molar-refractivity contribution in [3.63, 3.8) is 0 Å². The second kappa shape index (κ2) is 9.42. The number of rotatable bonds is 2. The SMILES string of the molecule is CC1(C)c2ccccc2-c2nc(-n3c4cc5ccccc5cc4c4c5ccccc5ccc43)c(-c3cccc4oc5ccccc5c34)nc21. The van der Waals surface area contributed by atoms with E-state index in [1.54, 1.807) is 0 Å². The zero-order valence-electron chi connectivity index (χ0n) is 27.0. The highest BCUT2D eigenvalue weighted by molar-refractivity contribution is 6.23. The molecule has 0 atom stereocenters. The Balaban J connectivity index is 1.36. The Morgan fingerprint density at radius 1 is 0.510 bits per heavy atom. The van der Waals surface area contributed by atoms with Gasteiger partial charge < -0.3 is 4.42 Å². The Kier molecular flexibility index (Phi) is 5.15. The van der Waals surface area contributed by atoms with Crippen LogP contribution in [0.15, 0.2) is 144 Å². The Morgan fingerprint density at radius 3 is 2.08 bits per heavy atom. The van der Waals surface area contributed by atoms with Gasteiger partial charge in [-0.1, -0.05) is 123 Å². The molecule has 1 aliphatic carbocycles. The molecule has 11 rings (SSSR count). The van der Waals surface area contributed by atoms with E-state index in [0.29, 0.717) is 0 Å². The molecular weight excluding hydrogens is 599 g/mol. The third kappa shape index (κ3) is 3.53. The van der Waals surface area contributed by atoms with E-state index in [1.165, 1.54) is 37.9 Å². The van der Waals surface area contributed by atoms with Crippen LogP contribution in [0.1, 0.15) is 25.1 Å². The van der Waals surface area contributed by atoms with E-state index in [-0.39, 0.29) is 5.41 Å². The molecule has 0 unspecified atom stereocenters. The smallest absolute Gasteiger partial charge is 0.165 e. The van der Waals surface area contributed by atoms with Crippen LogP contribution in [-0.4, -0.2) is 14.5 Å². The van der Waals surface area contributed by atoms with Crippen molar-refractivity contribution in [3.05, 3.63) is 151 Å². The van der Waals surface area contributed by atoms with Crippen molar-refractivity contribution in [1.82, 2.24) is 14.5 Å². The summed E-state index contributed by atoms with van der Waals surface area (Å²) in [6.07, 6.45) is 0. The average Bonchev–Trinajstić information content (AvgIpc) is 3.75. The molecule has 0 saturated heterocycles. The maximum atomic E-state index is 6.41. The third-order valence-electron chi connectivity index (χ3n) is 10.7. The molecule has 1 aliphatic rings. The van der Waals surface area contributed by atoms with Gasteiger partial charge in [-0.3, -0.25) is 4.57 Å². The van der Waals surface area contributed by atoms with Crippen molar-refractivity contribution in [2.45, 2.75) is 19.3 Å². The molecule has 3 aromatic heterocycles. The number of fused-ring (bicyclic) bond motifs is 12. The molecule has 0 bridgehead atoms. The Labute approximate surface area is 281 Å². The van der Waals surface area contributed by atoms with Gasteiger partial charge >= 0.3 is 0 Å². The van der Waals surface area contributed by atoms with E-state index < -0.39 is 0 Å². The number of aromatic nitrogens is 3. The fourth-order valence-corrected chi connectivity index (χ4v) is 8.42. The van der Waals surface area contributed by atoms with Crippen molar-refractivity contribution in [3.8, 4) is 28.3 Å². The molecule has 0 fully saturated rings. The standard InChI is InChI=1S/C45H29N3O/c1-45(2)34-19-9-7-16-30(34)41-43(45)46-42(32-18-11-21-38-40(32)31-17-8-10-20-37(31)49-38)44(47-41)48-35-23-22-26-12-5-6-15-29(26)39(35)33-24-27-13-3-4-14-28(27)25-36(33)48/h3-25H,1-2H3. The molecule has 7 aromatic carbocycles. The number of benzene rings is 7. The largest absolute Gasteiger partial charge is 0.456 e. The van der Waals surface area contributed by atoms with Crippen LogP contribution >= 0.6 is 0 Å². The first-order chi connectivity index (χ1) is 24.1. The minimum Gasteiger partial charge on any atom is -0.456 e. The minimum absolute atomic E-state index is 0.314. The van der Waals surface area contributed by atoms with Gasteiger partial charge in [0, 0.05) is 38.1 Å². The monoisotopic (exact) mass is 627 g/mol. The average molecular weight is 628 g/mol. The normalized spacial score (nSPS) is 13.7. The van der Waals surface area contributed by atoms with Crippen molar-refractivity contribution in [2.75, 3.05) is 0 Å². The van der Waals surface area contributed by atoms with E-state index in [2.05, 4.69) is 146 Å². The lowest BCUT2D eigenvalue weighted by Crippen LogP contribution is -2.18. The van der Waals surface area contributed by atoms with Gasteiger partial charge in [0.15, 0.2) is 5.82 Å². The summed E-state index contributed by atoms with van der Waals surface area (Å²) in [6.45, 7) is 4.53. The highest BCUT2D eigenvalue weighted by Crippen LogP contribution is 2.50. The molecule has 49 heavy (non-hydrogen) atoms. The minimum atomic E-state index is -0.314. The third-order valence-corrected chi connectivity index (χ3v) is 10.7. The molecule has 0 N–H and O–H groups in total. The molecule has 4 nitrogen and oxygen atoms in total. The second-order valence-corrected chi connectivity index (χ2v) is 13.8. The van der Waals surface area contributed by atoms with Crippen LogP contribution < -0.4 is 0 Å². The summed E-state index contributed by atoms with van der Waals surface area (Å²) in [7, 11) is 0. The quantitative estimate of drug-likeness (QED) is 0.192. The zero-order valence-corrected chi connectivity index (χ0v) is 27.0. The first-order valence-electron chi connectivity index (χ1n) is 16.8. The summed E-state index contributed by atoms with van der Waals surface area (Å²) in [5, 5.41) is 9.39. The van der Waals surface area contributed by atoms with Crippen LogP contribution in [0.4, 0.5) is 0 Å². The highest BCUT2D eigenvalue weighted by atomic mass is 16.3. The van der Waals surface area contributed by atoms with Gasteiger partial charge in [-0.25, -0.2) is 9.97 Å². The summed E-state index contributed by atoms with van der Waals surface area (Å²) in [5.41, 5.74) is 9.79. The van der Waals surface area contributed by atoms with Crippen molar-refractivity contribution in [1.29, 1.82) is 0 Å². The van der Waals surface area contributed by atoms with Crippen LogP contribution in [0.25, 0.3) is 93.6 Å². The molecule has 4 heteroatoms. The number of hydrogen-bond acceptors (Lipinski definition) is 3. The molecule has 230 valence electrons. The van der Waals surface area contributed by atoms with E-state index in [0.717, 1.165) is 67.0 Å². The summed E-state index contributed by atoms with van der Waals surface area (Å²) < 4.78 is 8.77. The van der Waals surface area contributed by atoms with Crippen molar-refractivity contribution >= 4 is 65.3 Å². The number of furan rings is 1. The molecule has 0 saturated carbocycles. The number of hydrogen-bond donors (Lipinski definition) is 0. The molecule has 0 radical (unpaired) electrons. The summed E-state index contributed by atoms with van der Waals surface area (Å²) in [4.78, 5) is 11.4. The maximum absolute atomic E-state index is 6.41. The lowest BCUT2D eigenvalue weighted by Gasteiger charge is -2.21. The Morgan fingerprint density at radius 2 is 1.20 bits per heavy atom. The lowest BCUT2D eigenvalue weighted by molar-refractivity contribution is 0.635. The van der Waals surface area contributed by atoms with Gasteiger partial charge in [0.05, 0.1) is 22.4 Å². The van der Waals surface area contributed by atoms with Gasteiger partial charge in [0.25, 0.3) is 0 Å². The van der Waals surface area contributed by atoms with Crippen LogP contribution in [0.3, 0.4) is 0 Å². The Bertz CT molecular complexity index is 3030. The topological polar surface area (TPSA) is 43.9 Å². The van der Waals surface area contributed by atoms with Gasteiger partial charge in [0.1, 0.15) is 16.9 Å². The van der Waals surface area contributed by atoms with Crippen molar-refractivity contribution < 1.29 is 4.42 Å². The fourth-order valence-electron chi connectivity index (χ4n) is 8.42. The summed E-state index contributed by atoms with van der Waals surface area (Å²) in [6, 6.07) is 49.7. The van der Waals surface area contributed by atoms with Crippen LogP contribution in [0.2, 0.25) is 0 Å². The molecular formula is C45H29N3O. The zero-order chi connectivity index (χ0) is 32.4. The first-order valence-corrected chi connectivity index (χ1v) is 16.8. The molecule has 3 heterocycles. The van der Waals surface area contributed by atoms with Crippen LogP contribution in [-0.2, 0) is 5.41 Å². The summed E-state index contributed by atoms with van der Waals surface area (Å²) in [5.74, 6) is 0.814. The van der Waals surface area contributed by atoms with E-state index in [4.69, 9.17) is 14.4 Å². The van der Waals surface area contributed by atoms with E-state index in [1.807, 2.05) is 12.1 Å². The van der Waals surface area contributed by atoms with E-state index >= 15 is 0 Å². The second-order valence-electron chi connectivity index (χ2n) is 13.8. The molecule has 10 aromatic rings. The van der Waals surface area contributed by atoms with Gasteiger partial charge in [-0.2, -0.15) is 0 Å². The van der Waals surface area contributed by atoms with Crippen LogP contribution in [0, 0.1) is 0 Å². The molecule has 0 aliphatic heterocycles. The molecule has 0 amide bonds. The van der Waals surface area contributed by atoms with Gasteiger partial charge in [0.2, 0.25) is 0 Å². The molecule has 0 spiro atoms. The highest BCUT2D eigenvalue weighted by Gasteiger charge is 2.39. The predicted octanol–water partition coefficient (Wildman–Crippen LogP) is 11.8. The van der Waals surface area contributed by atoms with E-state index in [9.17, 15) is 0 Å². The maximum Gasteiger partial charge on any atom is 0.165 e. The number of para-hydroxylation sites is 1. The Hall–Kier alpha value is -6.26. The fraction of sp³-hybridized carbons (Fsp3) is 0.0667. The first kappa shape index (κ1) is 26.8. The van der Waals surface area contributed by atoms with Crippen molar-refractivity contribution in [2.24, 2.45) is 0 Å². The number of nitrogens with zero attached hydrogens (tertiary/aromatic N) is 3. The summed E-state index contributed by atoms with van der Waals surface area (Å²) >= 11 is 0. The lowest BCUT2D eigenvalue weighted by atomic mass is 9.85.